The lowest BCUT2D eigenvalue weighted by Gasteiger charge is -2.31. The summed E-state index contributed by atoms with van der Waals surface area (Å²) in [4.78, 5) is 35.8. The minimum Gasteiger partial charge on any atom is -0.342 e. The van der Waals surface area contributed by atoms with Gasteiger partial charge in [0, 0.05) is 24.0 Å². The molecule has 2 aliphatic carbocycles. The second-order valence-corrected chi connectivity index (χ2v) is 11.3. The second-order valence-electron chi connectivity index (χ2n) is 9.27. The Morgan fingerprint density at radius 2 is 1.93 bits per heavy atom. The Balaban J connectivity index is 1.48. The normalized spacial score (nSPS) is 22.6. The summed E-state index contributed by atoms with van der Waals surface area (Å²) in [7, 11) is 0. The highest BCUT2D eigenvalue weighted by Gasteiger charge is 2.28. The van der Waals surface area contributed by atoms with Gasteiger partial charge in [-0.05, 0) is 62.8 Å². The smallest absolute Gasteiger partial charge is 0.263 e. The number of piperidine rings is 1. The van der Waals surface area contributed by atoms with Crippen LogP contribution in [0.2, 0.25) is 0 Å². The van der Waals surface area contributed by atoms with Crippen LogP contribution < -0.4 is 5.56 Å². The maximum absolute atomic E-state index is 13.7. The van der Waals surface area contributed by atoms with Crippen LogP contribution in [0.15, 0.2) is 9.95 Å². The SMILES string of the molecule is C[C@H]1CCCN(C(=O)CSc2nc3sc4c(c3c(=O)n2C2CCCC2)CCCC4)C1. The number of hydrogen-bond acceptors (Lipinski definition) is 5. The van der Waals surface area contributed by atoms with E-state index in [-0.39, 0.29) is 17.5 Å². The molecule has 5 nitrogen and oxygen atoms in total. The van der Waals surface area contributed by atoms with E-state index in [0.717, 1.165) is 60.6 Å². The van der Waals surface area contributed by atoms with Crippen molar-refractivity contribution < 1.29 is 4.79 Å². The van der Waals surface area contributed by atoms with Crippen molar-refractivity contribution in [2.75, 3.05) is 18.8 Å². The summed E-state index contributed by atoms with van der Waals surface area (Å²) in [5.74, 6) is 1.14. The third kappa shape index (κ3) is 3.83. The van der Waals surface area contributed by atoms with E-state index in [2.05, 4.69) is 6.92 Å². The molecular weight excluding hydrogens is 414 g/mol. The van der Waals surface area contributed by atoms with E-state index in [1.807, 2.05) is 9.47 Å². The molecule has 0 radical (unpaired) electrons. The Labute approximate surface area is 186 Å². The average Bonchev–Trinajstić information content (AvgIpc) is 3.39. The number of thioether (sulfide) groups is 1. The second kappa shape index (κ2) is 8.65. The van der Waals surface area contributed by atoms with Gasteiger partial charge < -0.3 is 4.90 Å². The van der Waals surface area contributed by atoms with Crippen LogP contribution in [0.3, 0.4) is 0 Å². The van der Waals surface area contributed by atoms with Crippen molar-refractivity contribution in [1.29, 1.82) is 0 Å². The first-order valence-corrected chi connectivity index (χ1v) is 13.4. The molecule has 5 rings (SSSR count). The molecule has 2 fully saturated rings. The molecule has 1 saturated heterocycles. The molecule has 3 aliphatic rings. The highest BCUT2D eigenvalue weighted by molar-refractivity contribution is 7.99. The maximum atomic E-state index is 13.7. The molecule has 1 aliphatic heterocycles. The van der Waals surface area contributed by atoms with Gasteiger partial charge in [-0.15, -0.1) is 11.3 Å². The Morgan fingerprint density at radius 3 is 2.73 bits per heavy atom. The largest absolute Gasteiger partial charge is 0.342 e. The van der Waals surface area contributed by atoms with Crippen LogP contribution in [0.1, 0.15) is 74.8 Å². The number of fused-ring (bicyclic) bond motifs is 3. The third-order valence-electron chi connectivity index (χ3n) is 7.01. The molecule has 7 heteroatoms. The Bertz CT molecular complexity index is 1010. The van der Waals surface area contributed by atoms with E-state index < -0.39 is 0 Å². The first kappa shape index (κ1) is 20.6. The highest BCUT2D eigenvalue weighted by atomic mass is 32.2. The quantitative estimate of drug-likeness (QED) is 0.501. The first-order valence-electron chi connectivity index (χ1n) is 11.6. The van der Waals surface area contributed by atoms with Gasteiger partial charge in [0.15, 0.2) is 5.16 Å². The fourth-order valence-electron chi connectivity index (χ4n) is 5.42. The van der Waals surface area contributed by atoms with E-state index in [9.17, 15) is 9.59 Å². The Morgan fingerprint density at radius 1 is 1.13 bits per heavy atom. The highest BCUT2D eigenvalue weighted by Crippen LogP contribution is 2.37. The van der Waals surface area contributed by atoms with Gasteiger partial charge in [0.2, 0.25) is 5.91 Å². The van der Waals surface area contributed by atoms with Crippen molar-refractivity contribution in [2.24, 2.45) is 5.92 Å². The van der Waals surface area contributed by atoms with Gasteiger partial charge in [0.25, 0.3) is 5.56 Å². The first-order chi connectivity index (χ1) is 14.6. The predicted octanol–water partition coefficient (Wildman–Crippen LogP) is 4.80. The fraction of sp³-hybridized carbons (Fsp3) is 0.696. The average molecular weight is 446 g/mol. The zero-order valence-electron chi connectivity index (χ0n) is 17.8. The Hall–Kier alpha value is -1.34. The number of nitrogens with zero attached hydrogens (tertiary/aromatic N) is 3. The summed E-state index contributed by atoms with van der Waals surface area (Å²) in [5.41, 5.74) is 1.41. The summed E-state index contributed by atoms with van der Waals surface area (Å²) in [6.07, 6.45) is 11.2. The van der Waals surface area contributed by atoms with Gasteiger partial charge in [-0.1, -0.05) is 31.5 Å². The van der Waals surface area contributed by atoms with Crippen LogP contribution in [0.25, 0.3) is 10.2 Å². The number of amides is 1. The molecule has 0 bridgehead atoms. The topological polar surface area (TPSA) is 55.2 Å². The van der Waals surface area contributed by atoms with Crippen LogP contribution in [-0.2, 0) is 17.6 Å². The van der Waals surface area contributed by atoms with E-state index in [1.54, 1.807) is 11.3 Å². The number of hydrogen-bond donors (Lipinski definition) is 0. The number of rotatable bonds is 4. The standard InChI is InChI=1S/C23H31N3O2S2/c1-15-7-6-12-25(13-15)19(27)14-29-23-24-21-20(17-10-4-5-11-18(17)30-21)22(28)26(23)16-8-2-3-9-16/h15-16H,2-14H2,1H3/t15-/m0/s1. The number of aromatic nitrogens is 2. The molecule has 3 heterocycles. The van der Waals surface area contributed by atoms with Crippen molar-refractivity contribution in [2.45, 2.75) is 82.3 Å². The number of aryl methyl sites for hydroxylation is 2. The van der Waals surface area contributed by atoms with E-state index in [1.165, 1.54) is 54.3 Å². The van der Waals surface area contributed by atoms with Gasteiger partial charge in [-0.2, -0.15) is 0 Å². The molecule has 1 saturated carbocycles. The van der Waals surface area contributed by atoms with Gasteiger partial charge in [0.05, 0.1) is 11.1 Å². The van der Waals surface area contributed by atoms with Gasteiger partial charge in [-0.25, -0.2) is 4.98 Å². The predicted molar refractivity (Wildman–Crippen MR) is 124 cm³/mol. The monoisotopic (exact) mass is 445 g/mol. The lowest BCUT2D eigenvalue weighted by Crippen LogP contribution is -2.40. The molecule has 2 aromatic rings. The molecule has 30 heavy (non-hydrogen) atoms. The van der Waals surface area contributed by atoms with Crippen LogP contribution in [0.4, 0.5) is 0 Å². The van der Waals surface area contributed by atoms with E-state index >= 15 is 0 Å². The summed E-state index contributed by atoms with van der Waals surface area (Å²) < 4.78 is 1.97. The molecule has 162 valence electrons. The number of thiophene rings is 1. The maximum Gasteiger partial charge on any atom is 0.263 e. The lowest BCUT2D eigenvalue weighted by atomic mass is 9.97. The van der Waals surface area contributed by atoms with Crippen LogP contribution in [0.5, 0.6) is 0 Å². The van der Waals surface area contributed by atoms with Crippen LogP contribution >= 0.6 is 23.1 Å². The molecule has 0 spiro atoms. The van der Waals surface area contributed by atoms with Crippen molar-refractivity contribution in [1.82, 2.24) is 14.5 Å². The summed E-state index contributed by atoms with van der Waals surface area (Å²) in [6, 6.07) is 0.237. The number of carbonyl (C=O) groups is 1. The zero-order valence-corrected chi connectivity index (χ0v) is 19.5. The van der Waals surface area contributed by atoms with Crippen molar-refractivity contribution in [3.05, 3.63) is 20.8 Å². The molecule has 0 aromatic carbocycles. The molecule has 2 aromatic heterocycles. The summed E-state index contributed by atoms with van der Waals surface area (Å²) >= 11 is 3.19. The minimum atomic E-state index is 0.146. The van der Waals surface area contributed by atoms with E-state index in [4.69, 9.17) is 4.98 Å². The lowest BCUT2D eigenvalue weighted by molar-refractivity contribution is -0.130. The van der Waals surface area contributed by atoms with E-state index in [0.29, 0.717) is 11.7 Å². The Kier molecular flexibility index (Phi) is 5.93. The zero-order chi connectivity index (χ0) is 20.7. The van der Waals surface area contributed by atoms with Gasteiger partial charge in [0.1, 0.15) is 4.83 Å². The van der Waals surface area contributed by atoms with Gasteiger partial charge in [-0.3, -0.25) is 14.2 Å². The van der Waals surface area contributed by atoms with Crippen LogP contribution in [-0.4, -0.2) is 39.2 Å². The molecule has 0 N–H and O–H groups in total. The molecule has 0 unspecified atom stereocenters. The summed E-state index contributed by atoms with van der Waals surface area (Å²) in [6.45, 7) is 3.95. The van der Waals surface area contributed by atoms with Crippen molar-refractivity contribution in [3.63, 3.8) is 0 Å². The molecular formula is C23H31N3O2S2. The minimum absolute atomic E-state index is 0.146. The number of carbonyl (C=O) groups excluding carboxylic acids is 1. The van der Waals surface area contributed by atoms with Crippen LogP contribution in [0, 0.1) is 5.92 Å². The molecule has 1 atom stereocenters. The number of likely N-dealkylation sites (tertiary alicyclic amines) is 1. The van der Waals surface area contributed by atoms with Gasteiger partial charge >= 0.3 is 0 Å². The summed E-state index contributed by atoms with van der Waals surface area (Å²) in [5, 5.41) is 1.64. The van der Waals surface area contributed by atoms with Crippen molar-refractivity contribution in [3.8, 4) is 0 Å². The fourth-order valence-corrected chi connectivity index (χ4v) is 7.69. The third-order valence-corrected chi connectivity index (χ3v) is 9.14. The molecule has 1 amide bonds. The van der Waals surface area contributed by atoms with Crippen molar-refractivity contribution >= 4 is 39.2 Å².